The largest absolute Gasteiger partial charge is 0.454 e. The van der Waals surface area contributed by atoms with Gasteiger partial charge in [-0.3, -0.25) is 0 Å². The second-order valence-electron chi connectivity index (χ2n) is 9.59. The lowest BCUT2D eigenvalue weighted by atomic mass is 9.93. The summed E-state index contributed by atoms with van der Waals surface area (Å²) < 4.78 is 8.43. The number of nitrogens with zero attached hydrogens (tertiary/aromatic N) is 5. The molecule has 0 aliphatic rings. The standard InChI is InChI=1S/C26H24N6OS/c1-15(32-13-19(24-28-30-31-29-24)18-7-5-6-8-20(18)32)16-9-10-21-17(11-16)12-22(33-21)25-27-23(14-34-25)26(2,3)4/h5-15H,1-4H3,(H,28,29,30,31). The third-order valence-corrected chi connectivity index (χ3v) is 7.12. The van der Waals surface area contributed by atoms with E-state index in [9.17, 15) is 0 Å². The van der Waals surface area contributed by atoms with Crippen molar-refractivity contribution >= 4 is 33.2 Å². The van der Waals surface area contributed by atoms with Crippen LogP contribution in [0.5, 0.6) is 0 Å². The first-order valence-corrected chi connectivity index (χ1v) is 12.1. The molecule has 7 nitrogen and oxygen atoms in total. The maximum atomic E-state index is 6.16. The highest BCUT2D eigenvalue weighted by atomic mass is 32.1. The highest BCUT2D eigenvalue weighted by molar-refractivity contribution is 7.13. The van der Waals surface area contributed by atoms with Gasteiger partial charge in [0, 0.05) is 38.8 Å². The fourth-order valence-corrected chi connectivity index (χ4v) is 5.30. The fourth-order valence-electron chi connectivity index (χ4n) is 4.31. The summed E-state index contributed by atoms with van der Waals surface area (Å²) in [6, 6.07) is 16.9. The number of furan rings is 1. The predicted molar refractivity (Wildman–Crippen MR) is 135 cm³/mol. The molecular formula is C26H24N6OS. The van der Waals surface area contributed by atoms with Crippen molar-refractivity contribution in [1.82, 2.24) is 30.2 Å². The predicted octanol–water partition coefficient (Wildman–Crippen LogP) is 6.60. The molecule has 4 heterocycles. The maximum Gasteiger partial charge on any atom is 0.181 e. The number of rotatable bonds is 4. The van der Waals surface area contributed by atoms with Gasteiger partial charge in [-0.05, 0) is 47.2 Å². The summed E-state index contributed by atoms with van der Waals surface area (Å²) in [7, 11) is 0. The molecule has 34 heavy (non-hydrogen) atoms. The van der Waals surface area contributed by atoms with Gasteiger partial charge >= 0.3 is 0 Å². The Balaban J connectivity index is 1.39. The molecule has 4 aromatic heterocycles. The van der Waals surface area contributed by atoms with E-state index in [1.165, 1.54) is 5.56 Å². The van der Waals surface area contributed by atoms with Crippen LogP contribution in [0.3, 0.4) is 0 Å². The van der Waals surface area contributed by atoms with Crippen molar-refractivity contribution in [2.45, 2.75) is 39.2 Å². The summed E-state index contributed by atoms with van der Waals surface area (Å²) in [4.78, 5) is 4.81. The van der Waals surface area contributed by atoms with Crippen LogP contribution in [-0.4, -0.2) is 30.2 Å². The summed E-state index contributed by atoms with van der Waals surface area (Å²) in [6.45, 7) is 8.72. The van der Waals surface area contributed by atoms with E-state index in [4.69, 9.17) is 9.40 Å². The molecule has 1 atom stereocenters. The zero-order valence-corrected chi connectivity index (χ0v) is 20.2. The lowest BCUT2D eigenvalue weighted by Gasteiger charge is -2.16. The first-order chi connectivity index (χ1) is 16.4. The number of thiazole rings is 1. The van der Waals surface area contributed by atoms with E-state index >= 15 is 0 Å². The quantitative estimate of drug-likeness (QED) is 0.315. The van der Waals surface area contributed by atoms with Gasteiger partial charge in [-0.2, -0.15) is 0 Å². The Morgan fingerprint density at radius 3 is 2.71 bits per heavy atom. The van der Waals surface area contributed by atoms with E-state index in [1.807, 2.05) is 6.07 Å². The minimum absolute atomic E-state index is 0.0174. The van der Waals surface area contributed by atoms with E-state index < -0.39 is 0 Å². The van der Waals surface area contributed by atoms with Crippen molar-refractivity contribution in [2.24, 2.45) is 0 Å². The molecule has 6 rings (SSSR count). The summed E-state index contributed by atoms with van der Waals surface area (Å²) in [5.41, 5.74) is 5.27. The third kappa shape index (κ3) is 3.42. The minimum atomic E-state index is 0.0174. The molecule has 2 aromatic carbocycles. The zero-order chi connectivity index (χ0) is 23.4. The van der Waals surface area contributed by atoms with E-state index in [-0.39, 0.29) is 11.5 Å². The lowest BCUT2D eigenvalue weighted by Crippen LogP contribution is -2.11. The van der Waals surface area contributed by atoms with Gasteiger partial charge in [0.15, 0.2) is 16.6 Å². The van der Waals surface area contributed by atoms with Gasteiger partial charge in [0.05, 0.1) is 11.7 Å². The Morgan fingerprint density at radius 2 is 1.94 bits per heavy atom. The molecule has 0 aliphatic carbocycles. The Hall–Kier alpha value is -3.78. The van der Waals surface area contributed by atoms with Crippen molar-refractivity contribution in [3.05, 3.63) is 71.4 Å². The molecule has 0 spiro atoms. The highest BCUT2D eigenvalue weighted by Crippen LogP contribution is 2.36. The van der Waals surface area contributed by atoms with E-state index in [2.05, 4.69) is 107 Å². The molecular weight excluding hydrogens is 444 g/mol. The van der Waals surface area contributed by atoms with Gasteiger partial charge in [0.1, 0.15) is 5.58 Å². The molecule has 0 saturated carbocycles. The fraction of sp³-hybridized carbons (Fsp3) is 0.231. The van der Waals surface area contributed by atoms with E-state index in [0.29, 0.717) is 5.82 Å². The number of tetrazole rings is 1. The molecule has 0 radical (unpaired) electrons. The Morgan fingerprint density at radius 1 is 1.09 bits per heavy atom. The lowest BCUT2D eigenvalue weighted by molar-refractivity contribution is 0.571. The molecule has 0 fully saturated rings. The number of para-hydroxylation sites is 1. The Kier molecular flexibility index (Phi) is 4.67. The van der Waals surface area contributed by atoms with Crippen molar-refractivity contribution in [3.8, 4) is 22.2 Å². The number of hydrogen-bond acceptors (Lipinski definition) is 6. The van der Waals surface area contributed by atoms with Crippen LogP contribution in [0.2, 0.25) is 0 Å². The van der Waals surface area contributed by atoms with Crippen LogP contribution in [0.15, 0.2) is 64.5 Å². The van der Waals surface area contributed by atoms with Crippen molar-refractivity contribution in [3.63, 3.8) is 0 Å². The topological polar surface area (TPSA) is 85.4 Å². The second-order valence-corrected chi connectivity index (χ2v) is 10.4. The third-order valence-electron chi connectivity index (χ3n) is 6.26. The molecule has 8 heteroatoms. The van der Waals surface area contributed by atoms with Gasteiger partial charge in [-0.1, -0.05) is 45.0 Å². The van der Waals surface area contributed by atoms with Crippen LogP contribution in [-0.2, 0) is 5.41 Å². The van der Waals surface area contributed by atoms with Crippen molar-refractivity contribution < 1.29 is 4.42 Å². The van der Waals surface area contributed by atoms with Crippen molar-refractivity contribution in [1.29, 1.82) is 0 Å². The number of nitrogens with one attached hydrogen (secondary N) is 1. The number of benzene rings is 2. The van der Waals surface area contributed by atoms with Gasteiger partial charge in [-0.15, -0.1) is 16.4 Å². The van der Waals surface area contributed by atoms with Crippen LogP contribution < -0.4 is 0 Å². The number of hydrogen-bond donors (Lipinski definition) is 1. The van der Waals surface area contributed by atoms with E-state index in [0.717, 1.165) is 43.9 Å². The number of aromatic nitrogens is 6. The number of aromatic amines is 1. The van der Waals surface area contributed by atoms with Crippen molar-refractivity contribution in [2.75, 3.05) is 0 Å². The zero-order valence-electron chi connectivity index (χ0n) is 19.4. The van der Waals surface area contributed by atoms with Crippen LogP contribution in [0.4, 0.5) is 0 Å². The summed E-state index contributed by atoms with van der Waals surface area (Å²) in [6.07, 6.45) is 2.12. The normalized spacial score (nSPS) is 13.2. The molecule has 170 valence electrons. The summed E-state index contributed by atoms with van der Waals surface area (Å²) in [5, 5.41) is 19.7. The average molecular weight is 469 g/mol. The average Bonchev–Trinajstić information content (AvgIpc) is 3.61. The smallest absolute Gasteiger partial charge is 0.181 e. The van der Waals surface area contributed by atoms with E-state index in [1.54, 1.807) is 11.3 Å². The van der Waals surface area contributed by atoms with Crippen LogP contribution in [0.25, 0.3) is 44.0 Å². The Bertz CT molecular complexity index is 1620. The van der Waals surface area contributed by atoms with Gasteiger partial charge < -0.3 is 8.98 Å². The number of H-pyrrole nitrogens is 1. The highest BCUT2D eigenvalue weighted by Gasteiger charge is 2.21. The molecule has 0 bridgehead atoms. The maximum absolute atomic E-state index is 6.16. The molecule has 6 aromatic rings. The van der Waals surface area contributed by atoms with Crippen LogP contribution in [0, 0.1) is 0 Å². The van der Waals surface area contributed by atoms with Gasteiger partial charge in [-0.25, -0.2) is 10.1 Å². The molecule has 0 amide bonds. The SMILES string of the molecule is CC(c1ccc2oc(-c3nc(C(C)(C)C)cs3)cc2c1)n1cc(-c2nnn[nH]2)c2ccccc21. The first kappa shape index (κ1) is 20.8. The Labute approximate surface area is 200 Å². The van der Waals surface area contributed by atoms with Gasteiger partial charge in [0.25, 0.3) is 0 Å². The minimum Gasteiger partial charge on any atom is -0.454 e. The summed E-state index contributed by atoms with van der Waals surface area (Å²) >= 11 is 1.63. The summed E-state index contributed by atoms with van der Waals surface area (Å²) in [5.74, 6) is 1.47. The monoisotopic (exact) mass is 468 g/mol. The second kappa shape index (κ2) is 7.63. The first-order valence-electron chi connectivity index (χ1n) is 11.2. The molecule has 1 N–H and O–H groups in total. The van der Waals surface area contributed by atoms with Gasteiger partial charge in [0.2, 0.25) is 0 Å². The van der Waals surface area contributed by atoms with Crippen LogP contribution in [0.1, 0.15) is 45.0 Å². The molecule has 0 saturated heterocycles. The molecule has 1 unspecified atom stereocenters. The molecule has 0 aliphatic heterocycles. The number of fused-ring (bicyclic) bond motifs is 2. The van der Waals surface area contributed by atoms with Crippen LogP contribution >= 0.6 is 11.3 Å².